The van der Waals surface area contributed by atoms with E-state index < -0.39 is 0 Å². The van der Waals surface area contributed by atoms with Crippen LogP contribution in [0, 0.1) is 0 Å². The summed E-state index contributed by atoms with van der Waals surface area (Å²) in [5.41, 5.74) is 3.16. The molecule has 0 rings (SSSR count). The fraction of sp³-hybridized carbons (Fsp3) is 0.833. The third-order valence-electron chi connectivity index (χ3n) is 3.06. The van der Waals surface area contributed by atoms with Gasteiger partial charge in [-0.15, -0.1) is 0 Å². The zero-order chi connectivity index (χ0) is 11.0. The molecule has 0 aliphatic heterocycles. The van der Waals surface area contributed by atoms with Gasteiger partial charge in [-0.1, -0.05) is 51.4 Å². The highest BCUT2D eigenvalue weighted by Gasteiger charge is 2.16. The number of ether oxygens (including phenoxy) is 1. The van der Waals surface area contributed by atoms with Gasteiger partial charge in [-0.2, -0.15) is 0 Å². The van der Waals surface area contributed by atoms with E-state index in [0.717, 1.165) is 19.7 Å². The van der Waals surface area contributed by atoms with Crippen LogP contribution in [0.4, 0.5) is 0 Å². The van der Waals surface area contributed by atoms with Crippen LogP contribution in [0.2, 0.25) is 12.6 Å². The summed E-state index contributed by atoms with van der Waals surface area (Å²) in [5, 5.41) is 0. The maximum atomic E-state index is 5.26. The summed E-state index contributed by atoms with van der Waals surface area (Å²) in [6.45, 7) is 10.6. The van der Waals surface area contributed by atoms with E-state index >= 15 is 0 Å². The summed E-state index contributed by atoms with van der Waals surface area (Å²) in [6, 6.07) is 0. The molecular weight excluding hydrogens is 171 g/mol. The fourth-order valence-electron chi connectivity index (χ4n) is 2.20. The van der Waals surface area contributed by atoms with Gasteiger partial charge in [0.2, 0.25) is 0 Å². The van der Waals surface area contributed by atoms with Gasteiger partial charge in [-0.3, -0.25) is 0 Å². The Labute approximate surface area is 90.0 Å². The quantitative estimate of drug-likeness (QED) is 0.562. The molecule has 0 radical (unpaired) electrons. The summed E-state index contributed by atoms with van der Waals surface area (Å²) in [5.74, 6) is 0. The largest absolute Gasteiger partial charge is 0.380 e. The van der Waals surface area contributed by atoms with Gasteiger partial charge < -0.3 is 4.74 Å². The highest BCUT2D eigenvalue weighted by molar-refractivity contribution is 6.66. The minimum atomic E-state index is 0.769. The van der Waals surface area contributed by atoms with Gasteiger partial charge in [0, 0.05) is 7.11 Å². The molecule has 0 atom stereocenters. The van der Waals surface area contributed by atoms with Crippen molar-refractivity contribution >= 4 is 6.71 Å². The Morgan fingerprint density at radius 2 is 1.57 bits per heavy atom. The molecule has 0 aliphatic rings. The topological polar surface area (TPSA) is 9.23 Å². The minimum Gasteiger partial charge on any atom is -0.380 e. The molecule has 0 bridgehead atoms. The molecule has 1 nitrogen and oxygen atoms in total. The molecule has 0 unspecified atom stereocenters. The summed E-state index contributed by atoms with van der Waals surface area (Å²) in [6.07, 6.45) is 4.83. The van der Waals surface area contributed by atoms with Crippen molar-refractivity contribution in [3.63, 3.8) is 0 Å². The van der Waals surface area contributed by atoms with Crippen LogP contribution in [0.25, 0.3) is 0 Å². The molecule has 0 fully saturated rings. The van der Waals surface area contributed by atoms with Gasteiger partial charge in [0.1, 0.15) is 0 Å². The normalized spacial score (nSPS) is 12.6. The fourth-order valence-corrected chi connectivity index (χ4v) is 2.20. The van der Waals surface area contributed by atoms with Crippen LogP contribution < -0.4 is 0 Å². The van der Waals surface area contributed by atoms with Gasteiger partial charge in [0.15, 0.2) is 6.71 Å². The molecule has 0 aromatic rings. The maximum absolute atomic E-state index is 5.26. The molecule has 0 heterocycles. The van der Waals surface area contributed by atoms with E-state index in [0.29, 0.717) is 0 Å². The highest BCUT2D eigenvalue weighted by atomic mass is 16.5. The second-order valence-electron chi connectivity index (χ2n) is 3.78. The second-order valence-corrected chi connectivity index (χ2v) is 3.78. The van der Waals surface area contributed by atoms with E-state index in [1.807, 2.05) is 0 Å². The first-order chi connectivity index (χ1) is 6.74. The van der Waals surface area contributed by atoms with Crippen LogP contribution in [0.1, 0.15) is 40.5 Å². The lowest BCUT2D eigenvalue weighted by atomic mass is 9.39. The van der Waals surface area contributed by atoms with E-state index in [9.17, 15) is 0 Å². The van der Waals surface area contributed by atoms with Gasteiger partial charge in [0.25, 0.3) is 0 Å². The lowest BCUT2D eigenvalue weighted by Gasteiger charge is -2.18. The molecule has 0 saturated heterocycles. The smallest absolute Gasteiger partial charge is 0.170 e. The van der Waals surface area contributed by atoms with Crippen molar-refractivity contribution in [2.45, 2.75) is 53.2 Å². The third-order valence-corrected chi connectivity index (χ3v) is 3.06. The molecule has 2 heteroatoms. The first-order valence-electron chi connectivity index (χ1n) is 5.94. The molecule has 0 amide bonds. The minimum absolute atomic E-state index is 0.769. The Balaban J connectivity index is 4.74. The van der Waals surface area contributed by atoms with Crippen LogP contribution in [0.5, 0.6) is 0 Å². The van der Waals surface area contributed by atoms with Gasteiger partial charge in [-0.05, 0) is 12.8 Å². The molecule has 0 aliphatic carbocycles. The van der Waals surface area contributed by atoms with Gasteiger partial charge >= 0.3 is 0 Å². The summed E-state index contributed by atoms with van der Waals surface area (Å²) >= 11 is 0. The summed E-state index contributed by atoms with van der Waals surface area (Å²) < 4.78 is 5.26. The zero-order valence-corrected chi connectivity index (χ0v) is 10.5. The molecule has 0 saturated carbocycles. The molecule has 82 valence electrons. The van der Waals surface area contributed by atoms with Crippen molar-refractivity contribution < 1.29 is 4.74 Å². The number of rotatable bonds is 7. The first-order valence-corrected chi connectivity index (χ1v) is 5.94. The Morgan fingerprint density at radius 3 is 1.86 bits per heavy atom. The molecule has 0 aromatic heterocycles. The Hall–Kier alpha value is -0.235. The van der Waals surface area contributed by atoms with E-state index in [1.54, 1.807) is 12.6 Å². The van der Waals surface area contributed by atoms with Crippen LogP contribution in [0.3, 0.4) is 0 Å². The molecule has 0 N–H and O–H groups in total. The van der Waals surface area contributed by atoms with Crippen LogP contribution in [-0.2, 0) is 4.74 Å². The molecule has 0 aromatic carbocycles. The lowest BCUT2D eigenvalue weighted by molar-refractivity contribution is 0.223. The lowest BCUT2D eigenvalue weighted by Crippen LogP contribution is -2.17. The Bertz CT molecular complexity index is 171. The number of methoxy groups -OCH3 is 1. The van der Waals surface area contributed by atoms with Crippen molar-refractivity contribution in [1.82, 2.24) is 0 Å². The van der Waals surface area contributed by atoms with Crippen molar-refractivity contribution in [2.75, 3.05) is 13.7 Å². The second kappa shape index (κ2) is 8.10. The SMILES string of the molecule is CCB(CC)/C(CC)=C(\CC)COC. The number of allylic oxidation sites excluding steroid dienone is 1. The number of hydrogen-bond donors (Lipinski definition) is 0. The van der Waals surface area contributed by atoms with Crippen LogP contribution in [-0.4, -0.2) is 20.4 Å². The van der Waals surface area contributed by atoms with Crippen molar-refractivity contribution in [2.24, 2.45) is 0 Å². The average Bonchev–Trinajstić information content (AvgIpc) is 2.23. The van der Waals surface area contributed by atoms with Crippen LogP contribution >= 0.6 is 0 Å². The Morgan fingerprint density at radius 1 is 1.00 bits per heavy atom. The van der Waals surface area contributed by atoms with E-state index in [4.69, 9.17) is 4.74 Å². The summed E-state index contributed by atoms with van der Waals surface area (Å²) in [7, 11) is 1.79. The average molecular weight is 196 g/mol. The van der Waals surface area contributed by atoms with E-state index in [2.05, 4.69) is 27.7 Å². The standard InChI is InChI=1S/C12H25BO/c1-6-11(10-14-5)12(7-2)13(8-3)9-4/h6-10H2,1-5H3/b12-11+. The predicted molar refractivity (Wildman–Crippen MR) is 66.2 cm³/mol. The Kier molecular flexibility index (Phi) is 7.97. The third kappa shape index (κ3) is 3.87. The highest BCUT2D eigenvalue weighted by Crippen LogP contribution is 2.20. The van der Waals surface area contributed by atoms with Gasteiger partial charge in [0.05, 0.1) is 6.61 Å². The number of hydrogen-bond acceptors (Lipinski definition) is 1. The zero-order valence-electron chi connectivity index (χ0n) is 10.5. The summed E-state index contributed by atoms with van der Waals surface area (Å²) in [4.78, 5) is 0. The van der Waals surface area contributed by atoms with E-state index in [1.165, 1.54) is 24.6 Å². The van der Waals surface area contributed by atoms with Gasteiger partial charge in [-0.25, -0.2) is 0 Å². The monoisotopic (exact) mass is 196 g/mol. The predicted octanol–water partition coefficient (Wildman–Crippen LogP) is 3.82. The van der Waals surface area contributed by atoms with Crippen molar-refractivity contribution in [3.8, 4) is 0 Å². The van der Waals surface area contributed by atoms with Crippen LogP contribution in [0.15, 0.2) is 11.0 Å². The van der Waals surface area contributed by atoms with E-state index in [-0.39, 0.29) is 0 Å². The molecular formula is C12H25BO. The first kappa shape index (κ1) is 13.8. The maximum Gasteiger partial charge on any atom is 0.170 e. The molecule has 0 spiro atoms. The molecule has 14 heavy (non-hydrogen) atoms. The van der Waals surface area contributed by atoms with Crippen molar-refractivity contribution in [1.29, 1.82) is 0 Å². The van der Waals surface area contributed by atoms with Crippen molar-refractivity contribution in [3.05, 3.63) is 11.0 Å².